The zero-order valence-electron chi connectivity index (χ0n) is 10.2. The van der Waals surface area contributed by atoms with Crippen LogP contribution >= 0.6 is 11.6 Å². The van der Waals surface area contributed by atoms with Gasteiger partial charge in [-0.3, -0.25) is 0 Å². The Morgan fingerprint density at radius 1 is 1.58 bits per heavy atom. The van der Waals surface area contributed by atoms with Gasteiger partial charge in [0.05, 0.1) is 5.70 Å². The average Bonchev–Trinajstić information content (AvgIpc) is 2.71. The van der Waals surface area contributed by atoms with E-state index in [1.165, 1.54) is 12.3 Å². The summed E-state index contributed by atoms with van der Waals surface area (Å²) in [5, 5.41) is 0.392. The normalized spacial score (nSPS) is 18.6. The standard InChI is InChI=1S/C13H12ClFN2O2/c1-9-11(6-13(18)19-9)17(5-4-15)8-10-2-3-12(14)16-7-10/h2-7,9H,8H2,1H3. The summed E-state index contributed by atoms with van der Waals surface area (Å²) in [5.74, 6) is -0.422. The van der Waals surface area contributed by atoms with E-state index in [1.54, 1.807) is 30.2 Å². The second kappa shape index (κ2) is 5.84. The molecular formula is C13H12ClFN2O2. The van der Waals surface area contributed by atoms with Gasteiger partial charge in [-0.2, -0.15) is 0 Å². The van der Waals surface area contributed by atoms with Crippen LogP contribution < -0.4 is 0 Å². The van der Waals surface area contributed by atoms with E-state index in [0.29, 0.717) is 23.7 Å². The Kier molecular flexibility index (Phi) is 4.16. The Hall–Kier alpha value is -1.88. The third-order valence-electron chi connectivity index (χ3n) is 2.68. The van der Waals surface area contributed by atoms with Crippen molar-refractivity contribution in [2.45, 2.75) is 19.6 Å². The molecule has 4 nitrogen and oxygen atoms in total. The Balaban J connectivity index is 2.19. The summed E-state index contributed by atoms with van der Waals surface area (Å²) in [4.78, 5) is 16.8. The fourth-order valence-corrected chi connectivity index (χ4v) is 1.93. The van der Waals surface area contributed by atoms with E-state index in [4.69, 9.17) is 16.3 Å². The van der Waals surface area contributed by atoms with E-state index in [2.05, 4.69) is 4.98 Å². The molecule has 0 aromatic carbocycles. The summed E-state index contributed by atoms with van der Waals surface area (Å²) in [6, 6.07) is 3.44. The number of carbonyl (C=O) groups is 1. The molecular weight excluding hydrogens is 271 g/mol. The first-order chi connectivity index (χ1) is 9.10. The van der Waals surface area contributed by atoms with Crippen molar-refractivity contribution in [1.29, 1.82) is 0 Å². The van der Waals surface area contributed by atoms with Crippen molar-refractivity contribution in [3.8, 4) is 0 Å². The molecule has 2 heterocycles. The summed E-state index contributed by atoms with van der Waals surface area (Å²) in [6.45, 7) is 2.10. The highest BCUT2D eigenvalue weighted by molar-refractivity contribution is 6.29. The Morgan fingerprint density at radius 3 is 2.89 bits per heavy atom. The number of hydrogen-bond donors (Lipinski definition) is 0. The Bertz CT molecular complexity index is 528. The summed E-state index contributed by atoms with van der Waals surface area (Å²) in [6.07, 6.45) is 4.22. The van der Waals surface area contributed by atoms with Crippen molar-refractivity contribution >= 4 is 17.6 Å². The minimum atomic E-state index is -0.422. The van der Waals surface area contributed by atoms with Gasteiger partial charge in [-0.05, 0) is 18.6 Å². The number of esters is 1. The van der Waals surface area contributed by atoms with Gasteiger partial charge in [0, 0.05) is 25.0 Å². The van der Waals surface area contributed by atoms with Crippen LogP contribution in [-0.2, 0) is 16.1 Å². The van der Waals surface area contributed by atoms with Gasteiger partial charge in [-0.1, -0.05) is 17.7 Å². The maximum Gasteiger partial charge on any atom is 0.333 e. The highest BCUT2D eigenvalue weighted by Crippen LogP contribution is 2.22. The topological polar surface area (TPSA) is 42.4 Å². The van der Waals surface area contributed by atoms with Crippen LogP contribution in [0.4, 0.5) is 4.39 Å². The van der Waals surface area contributed by atoms with Gasteiger partial charge in [0.25, 0.3) is 0 Å². The summed E-state index contributed by atoms with van der Waals surface area (Å²) in [7, 11) is 0. The van der Waals surface area contributed by atoms with Gasteiger partial charge < -0.3 is 9.64 Å². The summed E-state index contributed by atoms with van der Waals surface area (Å²) >= 11 is 5.70. The van der Waals surface area contributed by atoms with Gasteiger partial charge >= 0.3 is 5.97 Å². The van der Waals surface area contributed by atoms with Crippen LogP contribution in [0.15, 0.2) is 42.6 Å². The number of nitrogens with zero attached hydrogens (tertiary/aromatic N) is 2. The van der Waals surface area contributed by atoms with Crippen molar-refractivity contribution in [2.24, 2.45) is 0 Å². The summed E-state index contributed by atoms with van der Waals surface area (Å²) in [5.41, 5.74) is 1.45. The van der Waals surface area contributed by atoms with E-state index in [1.807, 2.05) is 0 Å². The lowest BCUT2D eigenvalue weighted by Gasteiger charge is -2.23. The molecule has 19 heavy (non-hydrogen) atoms. The van der Waals surface area contributed by atoms with Crippen LogP contribution in [0.3, 0.4) is 0 Å². The molecule has 1 atom stereocenters. The van der Waals surface area contributed by atoms with Crippen LogP contribution in [0, 0.1) is 0 Å². The SMILES string of the molecule is CC1OC(=O)C=C1N(C=CF)Cc1ccc(Cl)nc1. The van der Waals surface area contributed by atoms with Crippen LogP contribution in [0.2, 0.25) is 5.15 Å². The molecule has 0 spiro atoms. The number of halogens is 2. The van der Waals surface area contributed by atoms with E-state index in [-0.39, 0.29) is 0 Å². The summed E-state index contributed by atoms with van der Waals surface area (Å²) < 4.78 is 17.5. The Morgan fingerprint density at radius 2 is 2.37 bits per heavy atom. The molecule has 0 amide bonds. The molecule has 1 aromatic rings. The second-order valence-corrected chi connectivity index (χ2v) is 4.43. The second-order valence-electron chi connectivity index (χ2n) is 4.04. The molecule has 0 aliphatic carbocycles. The van der Waals surface area contributed by atoms with Gasteiger partial charge in [-0.25, -0.2) is 14.2 Å². The van der Waals surface area contributed by atoms with Crippen LogP contribution in [0.1, 0.15) is 12.5 Å². The maximum atomic E-state index is 12.5. The van der Waals surface area contributed by atoms with Crippen LogP contribution in [0.5, 0.6) is 0 Å². The first kappa shape index (κ1) is 13.5. The highest BCUT2D eigenvalue weighted by atomic mass is 35.5. The molecule has 0 radical (unpaired) electrons. The van der Waals surface area contributed by atoms with Gasteiger partial charge in [0.1, 0.15) is 17.6 Å². The van der Waals surface area contributed by atoms with Gasteiger partial charge in [0.15, 0.2) is 0 Å². The molecule has 1 aromatic heterocycles. The first-order valence-corrected chi connectivity index (χ1v) is 6.04. The van der Waals surface area contributed by atoms with Crippen LogP contribution in [0.25, 0.3) is 0 Å². The van der Waals surface area contributed by atoms with Crippen molar-refractivity contribution in [1.82, 2.24) is 9.88 Å². The number of cyclic esters (lactones) is 1. The van der Waals surface area contributed by atoms with Crippen molar-refractivity contribution in [2.75, 3.05) is 0 Å². The van der Waals surface area contributed by atoms with Crippen molar-refractivity contribution < 1.29 is 13.9 Å². The number of hydrogen-bond acceptors (Lipinski definition) is 4. The molecule has 0 saturated heterocycles. The number of pyridine rings is 1. The average molecular weight is 283 g/mol. The molecule has 1 aliphatic rings. The van der Waals surface area contributed by atoms with Crippen molar-refractivity contribution in [3.05, 3.63) is 53.3 Å². The quantitative estimate of drug-likeness (QED) is 0.629. The lowest BCUT2D eigenvalue weighted by Crippen LogP contribution is -2.22. The fraction of sp³-hybridized carbons (Fsp3) is 0.231. The largest absolute Gasteiger partial charge is 0.453 e. The van der Waals surface area contributed by atoms with Crippen molar-refractivity contribution in [3.63, 3.8) is 0 Å². The molecule has 0 bridgehead atoms. The first-order valence-electron chi connectivity index (χ1n) is 5.66. The maximum absolute atomic E-state index is 12.5. The number of ether oxygens (including phenoxy) is 1. The molecule has 0 saturated carbocycles. The molecule has 6 heteroatoms. The zero-order chi connectivity index (χ0) is 13.8. The minimum absolute atomic E-state index is 0.372. The minimum Gasteiger partial charge on any atom is -0.453 e. The van der Waals surface area contributed by atoms with E-state index < -0.39 is 12.1 Å². The van der Waals surface area contributed by atoms with E-state index in [9.17, 15) is 9.18 Å². The monoisotopic (exact) mass is 282 g/mol. The lowest BCUT2D eigenvalue weighted by molar-refractivity contribution is -0.138. The number of aromatic nitrogens is 1. The number of rotatable bonds is 4. The third-order valence-corrected chi connectivity index (χ3v) is 2.91. The smallest absolute Gasteiger partial charge is 0.333 e. The molecule has 0 N–H and O–H groups in total. The molecule has 0 fully saturated rings. The molecule has 1 aliphatic heterocycles. The predicted octanol–water partition coefficient (Wildman–Crippen LogP) is 2.81. The molecule has 2 rings (SSSR count). The van der Waals surface area contributed by atoms with E-state index in [0.717, 1.165) is 5.56 Å². The fourth-order valence-electron chi connectivity index (χ4n) is 1.82. The van der Waals surface area contributed by atoms with E-state index >= 15 is 0 Å². The third kappa shape index (κ3) is 3.32. The molecule has 1 unspecified atom stereocenters. The van der Waals surface area contributed by atoms with Gasteiger partial charge in [-0.15, -0.1) is 0 Å². The predicted molar refractivity (Wildman–Crippen MR) is 68.7 cm³/mol. The van der Waals surface area contributed by atoms with Gasteiger partial charge in [0.2, 0.25) is 0 Å². The van der Waals surface area contributed by atoms with Crippen LogP contribution in [-0.4, -0.2) is 22.0 Å². The number of carbonyl (C=O) groups excluding carboxylic acids is 1. The lowest BCUT2D eigenvalue weighted by atomic mass is 10.2. The Labute approximate surface area is 115 Å². The zero-order valence-corrected chi connectivity index (χ0v) is 11.0. The highest BCUT2D eigenvalue weighted by Gasteiger charge is 2.25. The molecule has 100 valence electrons.